The summed E-state index contributed by atoms with van der Waals surface area (Å²) in [4.78, 5) is 81.9. The lowest BCUT2D eigenvalue weighted by atomic mass is 9.96. The molecule has 0 radical (unpaired) electrons. The average Bonchev–Trinajstić information content (AvgIpc) is 3.56. The van der Waals surface area contributed by atoms with Crippen LogP contribution in [0.25, 0.3) is 0 Å². The summed E-state index contributed by atoms with van der Waals surface area (Å²) in [5.41, 5.74) is 27.0. The van der Waals surface area contributed by atoms with Crippen LogP contribution in [0.1, 0.15) is 58.3 Å². The molecule has 0 spiro atoms. The first-order valence-corrected chi connectivity index (χ1v) is 16.9. The largest absolute Gasteiger partial charge is 0.377 e. The molecule has 1 unspecified atom stereocenters. The number of ketones is 1. The lowest BCUT2D eigenvalue weighted by molar-refractivity contribution is -0.139. The van der Waals surface area contributed by atoms with Gasteiger partial charge in [-0.3, -0.25) is 34.0 Å². The molecular weight excluding hydrogens is 654 g/mol. The Bertz CT molecular complexity index is 1150. The number of primary amides is 1. The van der Waals surface area contributed by atoms with Gasteiger partial charge < -0.3 is 63.8 Å². The van der Waals surface area contributed by atoms with E-state index in [9.17, 15) is 28.8 Å². The van der Waals surface area contributed by atoms with E-state index >= 15 is 0 Å². The molecule has 1 aliphatic heterocycles. The van der Waals surface area contributed by atoms with Crippen molar-refractivity contribution in [2.75, 3.05) is 65.7 Å². The third kappa shape index (κ3) is 19.6. The summed E-state index contributed by atoms with van der Waals surface area (Å²) in [5.74, 6) is -2.41. The predicted octanol–water partition coefficient (Wildman–Crippen LogP) is -3.41. The van der Waals surface area contributed by atoms with Gasteiger partial charge >= 0.3 is 0 Å². The molecule has 4 amide bonds. The number of hydrogen-bond acceptors (Lipinski definition) is 11. The summed E-state index contributed by atoms with van der Waals surface area (Å²) < 4.78 is 11.0. The lowest BCUT2D eigenvalue weighted by Crippen LogP contribution is -2.49. The smallest absolute Gasteiger partial charge is 0.242 e. The number of aliphatic imine (C=N–C) groups is 2. The van der Waals surface area contributed by atoms with Crippen LogP contribution in [-0.2, 0) is 38.2 Å². The second-order valence-corrected chi connectivity index (χ2v) is 12.1. The first-order chi connectivity index (χ1) is 23.8. The number of guanidine groups is 2. The van der Waals surface area contributed by atoms with E-state index in [0.717, 1.165) is 0 Å². The topological polar surface area (TPSA) is 315 Å². The van der Waals surface area contributed by atoms with Crippen molar-refractivity contribution in [1.82, 2.24) is 20.9 Å². The molecule has 1 saturated heterocycles. The Morgan fingerprint density at radius 3 is 2.22 bits per heavy atom. The van der Waals surface area contributed by atoms with Crippen LogP contribution in [0.15, 0.2) is 9.98 Å². The molecule has 13 N–H and O–H groups in total. The number of nitrogens with one attached hydrogen (secondary N) is 3. The summed E-state index contributed by atoms with van der Waals surface area (Å²) in [6.45, 7) is 3.54. The minimum Gasteiger partial charge on any atom is -0.377 e. The van der Waals surface area contributed by atoms with Crippen molar-refractivity contribution < 1.29 is 38.2 Å². The summed E-state index contributed by atoms with van der Waals surface area (Å²) in [7, 11) is 0. The Labute approximate surface area is 293 Å². The maximum absolute atomic E-state index is 12.7. The quantitative estimate of drug-likeness (QED) is 0.0170. The summed E-state index contributed by atoms with van der Waals surface area (Å²) >= 11 is 0. The van der Waals surface area contributed by atoms with Gasteiger partial charge in [-0.2, -0.15) is 0 Å². The second-order valence-electron chi connectivity index (χ2n) is 12.1. The van der Waals surface area contributed by atoms with Crippen LogP contribution in [0.3, 0.4) is 0 Å². The zero-order valence-corrected chi connectivity index (χ0v) is 29.1. The third-order valence-electron chi connectivity index (χ3n) is 7.89. The van der Waals surface area contributed by atoms with Crippen LogP contribution >= 0.6 is 0 Å². The first-order valence-electron chi connectivity index (χ1n) is 16.9. The molecule has 1 aliphatic rings. The number of likely N-dealkylation sites (tertiary alicyclic amines) is 1. The number of hydrogen-bond donors (Lipinski definition) is 8. The van der Waals surface area contributed by atoms with Crippen LogP contribution in [-0.4, -0.2) is 130 Å². The van der Waals surface area contributed by atoms with E-state index in [2.05, 4.69) is 25.9 Å². The highest BCUT2D eigenvalue weighted by molar-refractivity contribution is 5.91. The zero-order chi connectivity index (χ0) is 37.3. The highest BCUT2D eigenvalue weighted by Crippen LogP contribution is 2.17. The number of nitrogens with zero attached hydrogens (tertiary/aromatic N) is 3. The number of nitrogens with two attached hydrogens (primary N) is 5. The Morgan fingerprint density at radius 1 is 0.920 bits per heavy atom. The molecule has 1 fully saturated rings. The van der Waals surface area contributed by atoms with Gasteiger partial charge in [0.1, 0.15) is 18.9 Å². The van der Waals surface area contributed by atoms with Crippen LogP contribution in [0.2, 0.25) is 0 Å². The van der Waals surface area contributed by atoms with Crippen molar-refractivity contribution in [3.8, 4) is 0 Å². The Morgan fingerprint density at radius 2 is 1.58 bits per heavy atom. The Kier molecular flexibility index (Phi) is 22.3. The molecule has 50 heavy (non-hydrogen) atoms. The number of carbonyl (C=O) groups is 6. The number of amides is 4. The van der Waals surface area contributed by atoms with Crippen molar-refractivity contribution in [3.63, 3.8) is 0 Å². The molecule has 0 aromatic carbocycles. The molecule has 19 heteroatoms. The monoisotopic (exact) mass is 711 g/mol. The van der Waals surface area contributed by atoms with Crippen molar-refractivity contribution in [1.29, 1.82) is 0 Å². The minimum atomic E-state index is -0.635. The Balaban J connectivity index is 2.38. The number of ether oxygens (including phenoxy) is 2. The maximum atomic E-state index is 12.7. The molecule has 284 valence electrons. The van der Waals surface area contributed by atoms with Crippen molar-refractivity contribution in [2.24, 2.45) is 50.5 Å². The van der Waals surface area contributed by atoms with Gasteiger partial charge in [-0.1, -0.05) is 6.92 Å². The van der Waals surface area contributed by atoms with Crippen molar-refractivity contribution in [2.45, 2.75) is 70.4 Å². The van der Waals surface area contributed by atoms with E-state index in [4.69, 9.17) is 38.1 Å². The van der Waals surface area contributed by atoms with E-state index in [-0.39, 0.29) is 87.8 Å². The molecule has 0 bridgehead atoms. The molecular formula is C31H57N11O8. The van der Waals surface area contributed by atoms with Crippen molar-refractivity contribution >= 4 is 47.6 Å². The maximum Gasteiger partial charge on any atom is 0.242 e. The van der Waals surface area contributed by atoms with E-state index in [0.29, 0.717) is 71.0 Å². The van der Waals surface area contributed by atoms with Gasteiger partial charge in [-0.25, -0.2) is 0 Å². The lowest BCUT2D eigenvalue weighted by Gasteiger charge is -2.24. The van der Waals surface area contributed by atoms with Crippen LogP contribution in [0.5, 0.6) is 0 Å². The van der Waals surface area contributed by atoms with E-state index < -0.39 is 29.8 Å². The van der Waals surface area contributed by atoms with Gasteiger partial charge in [0.25, 0.3) is 0 Å². The molecule has 0 aromatic rings. The average molecular weight is 712 g/mol. The molecule has 1 heterocycles. The molecule has 0 saturated carbocycles. The zero-order valence-electron chi connectivity index (χ0n) is 29.1. The van der Waals surface area contributed by atoms with Gasteiger partial charge in [0.2, 0.25) is 23.6 Å². The number of Topliss-reactive ketones (excluding diaryl/α,β-unsaturated/α-hetero) is 1. The second kappa shape index (κ2) is 25.6. The third-order valence-corrected chi connectivity index (χ3v) is 7.89. The van der Waals surface area contributed by atoms with Gasteiger partial charge in [-0.15, -0.1) is 0 Å². The minimum absolute atomic E-state index is 0.0157. The fourth-order valence-electron chi connectivity index (χ4n) is 5.20. The molecule has 4 atom stereocenters. The Hall–Kier alpha value is -4.36. The molecule has 19 nitrogen and oxygen atoms in total. The van der Waals surface area contributed by atoms with Gasteiger partial charge in [-0.05, 0) is 51.0 Å². The van der Waals surface area contributed by atoms with Crippen LogP contribution in [0, 0.1) is 11.8 Å². The highest BCUT2D eigenvalue weighted by atomic mass is 16.5. The fraction of sp³-hybridized carbons (Fsp3) is 0.742. The first kappa shape index (κ1) is 43.7. The SMILES string of the molecule is C[C@H](CC=O)C(=O)NCC(=O)N1CCC[C@@H]1C(=O)NCCOCCOCC(=O)CC(CCCN=C(N)N)CN[C@@H](CCCN=C(N)N)C(N)=O. The summed E-state index contributed by atoms with van der Waals surface area (Å²) in [5, 5.41) is 8.43. The molecule has 1 rings (SSSR count). The van der Waals surface area contributed by atoms with E-state index in [1.807, 2.05) is 0 Å². The van der Waals surface area contributed by atoms with Gasteiger partial charge in [0.05, 0.1) is 32.4 Å². The predicted molar refractivity (Wildman–Crippen MR) is 186 cm³/mol. The normalized spacial score (nSPS) is 15.7. The molecule has 0 aromatic heterocycles. The van der Waals surface area contributed by atoms with E-state index in [1.165, 1.54) is 4.90 Å². The van der Waals surface area contributed by atoms with Gasteiger partial charge in [0.15, 0.2) is 17.7 Å². The standard InChI is InChI=1S/C31H57N11O8/c1-21(8-13-43)28(47)41-19-26(45)42-12-4-7-25(42)29(48)37-11-14-49-15-16-50-20-23(44)17-22(5-2-9-38-30(33)34)18-40-24(27(32)46)6-3-10-39-31(35)36/h13,21-22,24-25,40H,2-12,14-20H2,1H3,(H2,32,46)(H,37,48)(H,41,47)(H4,33,34,38)(H4,35,36,39)/t21-,22?,24+,25-/m1/s1. The summed E-state index contributed by atoms with van der Waals surface area (Å²) in [6, 6.07) is -1.25. The van der Waals surface area contributed by atoms with Crippen LogP contribution < -0.4 is 44.6 Å². The highest BCUT2D eigenvalue weighted by Gasteiger charge is 2.34. The van der Waals surface area contributed by atoms with Crippen molar-refractivity contribution in [3.05, 3.63) is 0 Å². The fourth-order valence-corrected chi connectivity index (χ4v) is 5.20. The molecule has 0 aliphatic carbocycles. The number of carbonyl (C=O) groups excluding carboxylic acids is 6. The number of aldehydes is 1. The van der Waals surface area contributed by atoms with Crippen LogP contribution in [0.4, 0.5) is 0 Å². The number of rotatable bonds is 28. The van der Waals surface area contributed by atoms with E-state index in [1.54, 1.807) is 6.92 Å². The summed E-state index contributed by atoms with van der Waals surface area (Å²) in [6.07, 6.45) is 4.31. The van der Waals surface area contributed by atoms with Gasteiger partial charge in [0, 0.05) is 44.9 Å².